The van der Waals surface area contributed by atoms with E-state index in [1.165, 1.54) is 24.3 Å². The summed E-state index contributed by atoms with van der Waals surface area (Å²) in [6.07, 6.45) is 0.276. The van der Waals surface area contributed by atoms with Crippen molar-refractivity contribution >= 4 is 29.1 Å². The summed E-state index contributed by atoms with van der Waals surface area (Å²) in [5.74, 6) is -1.81. The molecule has 0 fully saturated rings. The Morgan fingerprint density at radius 1 is 1.14 bits per heavy atom. The van der Waals surface area contributed by atoms with Crippen LogP contribution in [-0.2, 0) is 6.42 Å². The molecule has 0 aliphatic rings. The van der Waals surface area contributed by atoms with Crippen LogP contribution in [0.15, 0.2) is 30.3 Å². The highest BCUT2D eigenvalue weighted by Gasteiger charge is 2.12. The first-order valence-electron chi connectivity index (χ1n) is 6.01. The van der Waals surface area contributed by atoms with Gasteiger partial charge in [0.1, 0.15) is 22.5 Å². The van der Waals surface area contributed by atoms with E-state index < -0.39 is 17.5 Å². The highest BCUT2D eigenvalue weighted by atomic mass is 35.5. The zero-order valence-electron chi connectivity index (χ0n) is 10.7. The Morgan fingerprint density at radius 3 is 2.48 bits per heavy atom. The third-order valence-corrected chi connectivity index (χ3v) is 3.16. The number of hydrogen-bond acceptors (Lipinski definition) is 2. The number of carbonyl (C=O) groups excluding carboxylic acids is 1. The molecule has 7 heteroatoms. The molecule has 0 bridgehead atoms. The minimum atomic E-state index is -0.657. The van der Waals surface area contributed by atoms with Crippen LogP contribution in [0.1, 0.15) is 16.1 Å². The number of hydrogen-bond donors (Lipinski definition) is 1. The molecular weight excluding hydrogens is 321 g/mol. The second-order valence-electron chi connectivity index (χ2n) is 4.25. The van der Waals surface area contributed by atoms with Crippen molar-refractivity contribution in [3.63, 3.8) is 0 Å². The molecule has 0 unspecified atom stereocenters. The SMILES string of the molecule is O=C(NCCc1cc(F)cc(F)c1)c1nc(Cl)ccc1Cl. The number of benzene rings is 1. The summed E-state index contributed by atoms with van der Waals surface area (Å²) in [5, 5.41) is 2.89. The van der Waals surface area contributed by atoms with Crippen LogP contribution < -0.4 is 5.32 Å². The number of aromatic nitrogens is 1. The molecule has 0 saturated heterocycles. The van der Waals surface area contributed by atoms with Gasteiger partial charge in [0.15, 0.2) is 0 Å². The smallest absolute Gasteiger partial charge is 0.271 e. The van der Waals surface area contributed by atoms with Gasteiger partial charge in [-0.1, -0.05) is 23.2 Å². The van der Waals surface area contributed by atoms with Crippen LogP contribution in [0.4, 0.5) is 8.78 Å². The van der Waals surface area contributed by atoms with Crippen molar-refractivity contribution in [3.8, 4) is 0 Å². The van der Waals surface area contributed by atoms with E-state index in [-0.39, 0.29) is 28.8 Å². The van der Waals surface area contributed by atoms with Crippen molar-refractivity contribution in [3.05, 3.63) is 63.4 Å². The maximum atomic E-state index is 13.0. The highest BCUT2D eigenvalue weighted by Crippen LogP contribution is 2.16. The summed E-state index contributed by atoms with van der Waals surface area (Å²) in [6, 6.07) is 6.14. The second-order valence-corrected chi connectivity index (χ2v) is 5.04. The summed E-state index contributed by atoms with van der Waals surface area (Å²) in [7, 11) is 0. The second kappa shape index (κ2) is 6.83. The van der Waals surface area contributed by atoms with Crippen molar-refractivity contribution in [2.75, 3.05) is 6.54 Å². The van der Waals surface area contributed by atoms with Gasteiger partial charge in [-0.3, -0.25) is 4.79 Å². The molecule has 0 atom stereocenters. The van der Waals surface area contributed by atoms with Gasteiger partial charge in [0.2, 0.25) is 0 Å². The molecule has 1 aromatic carbocycles. The molecule has 1 N–H and O–H groups in total. The molecule has 1 aromatic heterocycles. The Balaban J connectivity index is 1.96. The van der Waals surface area contributed by atoms with Gasteiger partial charge in [0.25, 0.3) is 5.91 Å². The number of rotatable bonds is 4. The third kappa shape index (κ3) is 4.37. The molecular formula is C14H10Cl2F2N2O. The maximum Gasteiger partial charge on any atom is 0.271 e. The van der Waals surface area contributed by atoms with E-state index in [0.717, 1.165) is 6.07 Å². The van der Waals surface area contributed by atoms with Gasteiger partial charge in [-0.15, -0.1) is 0 Å². The molecule has 0 saturated carbocycles. The molecule has 0 spiro atoms. The Labute approximate surface area is 129 Å². The van der Waals surface area contributed by atoms with E-state index in [2.05, 4.69) is 10.3 Å². The van der Waals surface area contributed by atoms with Gasteiger partial charge in [-0.25, -0.2) is 13.8 Å². The molecule has 1 heterocycles. The molecule has 0 aliphatic heterocycles. The lowest BCUT2D eigenvalue weighted by Crippen LogP contribution is -2.27. The third-order valence-electron chi connectivity index (χ3n) is 2.65. The van der Waals surface area contributed by atoms with Crippen LogP contribution in [0.2, 0.25) is 10.2 Å². The lowest BCUT2D eigenvalue weighted by Gasteiger charge is -2.07. The fraction of sp³-hybridized carbons (Fsp3) is 0.143. The van der Waals surface area contributed by atoms with Crippen LogP contribution in [0.5, 0.6) is 0 Å². The fourth-order valence-corrected chi connectivity index (χ4v) is 2.08. The summed E-state index contributed by atoms with van der Waals surface area (Å²) >= 11 is 11.5. The number of amides is 1. The standard InChI is InChI=1S/C14H10Cl2F2N2O/c15-11-1-2-12(16)20-13(11)14(21)19-4-3-8-5-9(17)7-10(18)6-8/h1-2,5-7H,3-4H2,(H,19,21). The Hall–Kier alpha value is -1.72. The molecule has 1 amide bonds. The van der Waals surface area contributed by atoms with E-state index in [1.54, 1.807) is 0 Å². The minimum absolute atomic E-state index is 0.00888. The van der Waals surface area contributed by atoms with E-state index in [9.17, 15) is 13.6 Å². The fourth-order valence-electron chi connectivity index (χ4n) is 1.74. The van der Waals surface area contributed by atoms with Crippen molar-refractivity contribution in [1.82, 2.24) is 10.3 Å². The van der Waals surface area contributed by atoms with Gasteiger partial charge < -0.3 is 5.32 Å². The summed E-state index contributed by atoms with van der Waals surface area (Å²) < 4.78 is 26.0. The van der Waals surface area contributed by atoms with Crippen molar-refractivity contribution < 1.29 is 13.6 Å². The monoisotopic (exact) mass is 330 g/mol. The van der Waals surface area contributed by atoms with Gasteiger partial charge in [0.05, 0.1) is 5.02 Å². The first-order valence-corrected chi connectivity index (χ1v) is 6.76. The predicted octanol–water partition coefficient (Wildman–Crippen LogP) is 3.64. The average molecular weight is 331 g/mol. The summed E-state index contributed by atoms with van der Waals surface area (Å²) in [5.41, 5.74) is 0.451. The quantitative estimate of drug-likeness (QED) is 0.869. The first kappa shape index (κ1) is 15.7. The number of nitrogens with one attached hydrogen (secondary N) is 1. The first-order chi connectivity index (χ1) is 9.95. The van der Waals surface area contributed by atoms with E-state index in [4.69, 9.17) is 23.2 Å². The zero-order valence-corrected chi connectivity index (χ0v) is 12.2. The molecule has 2 aromatic rings. The Bertz CT molecular complexity index is 660. The Kier molecular flexibility index (Phi) is 5.09. The molecule has 3 nitrogen and oxygen atoms in total. The maximum absolute atomic E-state index is 13.0. The highest BCUT2D eigenvalue weighted by molar-refractivity contribution is 6.34. The predicted molar refractivity (Wildman–Crippen MR) is 76.7 cm³/mol. The van der Waals surface area contributed by atoms with Crippen molar-refractivity contribution in [1.29, 1.82) is 0 Å². The minimum Gasteiger partial charge on any atom is -0.350 e. The van der Waals surface area contributed by atoms with Crippen LogP contribution in [0.3, 0.4) is 0 Å². The molecule has 21 heavy (non-hydrogen) atoms. The number of halogens is 4. The molecule has 0 radical (unpaired) electrons. The van der Waals surface area contributed by atoms with Gasteiger partial charge in [0, 0.05) is 12.6 Å². The van der Waals surface area contributed by atoms with E-state index >= 15 is 0 Å². The van der Waals surface area contributed by atoms with Gasteiger partial charge in [-0.05, 0) is 36.2 Å². The zero-order chi connectivity index (χ0) is 15.4. The van der Waals surface area contributed by atoms with Gasteiger partial charge >= 0.3 is 0 Å². The van der Waals surface area contributed by atoms with Crippen molar-refractivity contribution in [2.24, 2.45) is 0 Å². The van der Waals surface area contributed by atoms with Gasteiger partial charge in [-0.2, -0.15) is 0 Å². The number of nitrogens with zero attached hydrogens (tertiary/aromatic N) is 1. The largest absolute Gasteiger partial charge is 0.350 e. The lowest BCUT2D eigenvalue weighted by atomic mass is 10.1. The topological polar surface area (TPSA) is 42.0 Å². The van der Waals surface area contributed by atoms with Crippen LogP contribution in [-0.4, -0.2) is 17.4 Å². The van der Waals surface area contributed by atoms with E-state index in [0.29, 0.717) is 5.56 Å². The van der Waals surface area contributed by atoms with Crippen LogP contribution in [0.25, 0.3) is 0 Å². The average Bonchev–Trinajstić information content (AvgIpc) is 2.40. The van der Waals surface area contributed by atoms with E-state index in [1.807, 2.05) is 0 Å². The summed E-state index contributed by atoms with van der Waals surface area (Å²) in [4.78, 5) is 15.7. The van der Waals surface area contributed by atoms with Crippen LogP contribution >= 0.6 is 23.2 Å². The molecule has 110 valence electrons. The normalized spacial score (nSPS) is 10.5. The lowest BCUT2D eigenvalue weighted by molar-refractivity contribution is 0.0949. The number of pyridine rings is 1. The molecule has 2 rings (SSSR count). The van der Waals surface area contributed by atoms with Crippen LogP contribution in [0, 0.1) is 11.6 Å². The molecule has 0 aliphatic carbocycles. The Morgan fingerprint density at radius 2 is 1.81 bits per heavy atom. The summed E-state index contributed by atoms with van der Waals surface area (Å²) in [6.45, 7) is 0.187. The van der Waals surface area contributed by atoms with Crippen molar-refractivity contribution in [2.45, 2.75) is 6.42 Å². The number of carbonyl (C=O) groups is 1.